The summed E-state index contributed by atoms with van der Waals surface area (Å²) < 4.78 is 22.5. The van der Waals surface area contributed by atoms with Crippen molar-refractivity contribution in [3.8, 4) is 28.7 Å². The van der Waals surface area contributed by atoms with Gasteiger partial charge in [-0.15, -0.1) is 0 Å². The molecule has 1 atom stereocenters. The molecule has 0 radical (unpaired) electrons. The van der Waals surface area contributed by atoms with Gasteiger partial charge in [-0.05, 0) is 75.2 Å². The number of ether oxygens (including phenoxy) is 4. The Hall–Kier alpha value is -4.66. The summed E-state index contributed by atoms with van der Waals surface area (Å²) in [5.41, 5.74) is 1.43. The molecule has 4 rings (SSSR count). The number of hydrogen-bond donors (Lipinski definition) is 2. The Morgan fingerprint density at radius 1 is 0.850 bits per heavy atom. The third-order valence-electron chi connectivity index (χ3n) is 6.46. The summed E-state index contributed by atoms with van der Waals surface area (Å²) in [6, 6.07) is 13.5. The van der Waals surface area contributed by atoms with Gasteiger partial charge in [0.05, 0.1) is 49.8 Å². The van der Waals surface area contributed by atoms with Gasteiger partial charge >= 0.3 is 0 Å². The van der Waals surface area contributed by atoms with E-state index >= 15 is 0 Å². The van der Waals surface area contributed by atoms with Crippen LogP contribution >= 0.6 is 0 Å². The molecule has 1 fully saturated rings. The van der Waals surface area contributed by atoms with Crippen molar-refractivity contribution in [3.63, 3.8) is 0 Å². The second kappa shape index (κ2) is 12.0. The Morgan fingerprint density at radius 3 is 2.23 bits per heavy atom. The van der Waals surface area contributed by atoms with Gasteiger partial charge in [0.25, 0.3) is 11.7 Å². The van der Waals surface area contributed by atoms with Crippen LogP contribution in [-0.4, -0.2) is 48.8 Å². The minimum absolute atomic E-state index is 0.136. The van der Waals surface area contributed by atoms with Crippen molar-refractivity contribution < 1.29 is 38.7 Å². The Balaban J connectivity index is 2.00. The third kappa shape index (κ3) is 5.27. The van der Waals surface area contributed by atoms with Gasteiger partial charge in [-0.25, -0.2) is 0 Å². The first-order valence-electron chi connectivity index (χ1n) is 13.1. The lowest BCUT2D eigenvalue weighted by atomic mass is 9.94. The van der Waals surface area contributed by atoms with Gasteiger partial charge in [-0.1, -0.05) is 12.1 Å². The number of phenolic OH excluding ortho intramolecular Hbond substituents is 1. The molecule has 1 aliphatic heterocycles. The molecule has 1 unspecified atom stereocenters. The maximum absolute atomic E-state index is 13.6. The highest BCUT2D eigenvalue weighted by Crippen LogP contribution is 2.47. The second-order valence-corrected chi connectivity index (χ2v) is 9.03. The molecule has 210 valence electrons. The largest absolute Gasteiger partial charge is 0.507 e. The maximum atomic E-state index is 13.6. The Kier molecular flexibility index (Phi) is 8.52. The zero-order valence-corrected chi connectivity index (χ0v) is 23.2. The van der Waals surface area contributed by atoms with Gasteiger partial charge in [0.2, 0.25) is 0 Å². The van der Waals surface area contributed by atoms with Crippen molar-refractivity contribution in [2.45, 2.75) is 33.7 Å². The van der Waals surface area contributed by atoms with Crippen LogP contribution in [0.1, 0.15) is 43.5 Å². The van der Waals surface area contributed by atoms with E-state index in [1.165, 1.54) is 18.1 Å². The summed E-state index contributed by atoms with van der Waals surface area (Å²) in [6.07, 6.45) is 0. The summed E-state index contributed by atoms with van der Waals surface area (Å²) in [5.74, 6) is -0.729. The number of anilines is 1. The predicted octanol–water partition coefficient (Wildman–Crippen LogP) is 5.53. The van der Waals surface area contributed by atoms with Crippen molar-refractivity contribution in [2.75, 3.05) is 31.8 Å². The van der Waals surface area contributed by atoms with Crippen LogP contribution in [-0.2, 0) is 9.59 Å². The van der Waals surface area contributed by atoms with Crippen LogP contribution in [0.25, 0.3) is 5.76 Å². The average molecular weight is 548 g/mol. The minimum Gasteiger partial charge on any atom is -0.507 e. The highest BCUT2D eigenvalue weighted by atomic mass is 16.5. The molecule has 3 aromatic rings. The number of amides is 1. The molecule has 3 aromatic carbocycles. The van der Waals surface area contributed by atoms with Crippen molar-refractivity contribution in [2.24, 2.45) is 0 Å². The molecule has 9 nitrogen and oxygen atoms in total. The predicted molar refractivity (Wildman–Crippen MR) is 151 cm³/mol. The number of Topliss-reactive ketones (excluding diaryl/α,β-unsaturated/α-hetero) is 1. The fraction of sp³-hybridized carbons (Fsp3) is 0.290. The summed E-state index contributed by atoms with van der Waals surface area (Å²) in [5, 5.41) is 22.4. The van der Waals surface area contributed by atoms with Gasteiger partial charge in [0.1, 0.15) is 23.0 Å². The number of rotatable bonds is 10. The quantitative estimate of drug-likeness (QED) is 0.193. The van der Waals surface area contributed by atoms with E-state index < -0.39 is 23.5 Å². The Bertz CT molecular complexity index is 1460. The molecule has 1 aliphatic rings. The van der Waals surface area contributed by atoms with E-state index in [1.54, 1.807) is 55.5 Å². The first-order chi connectivity index (χ1) is 19.2. The smallest absolute Gasteiger partial charge is 0.300 e. The number of benzene rings is 3. The van der Waals surface area contributed by atoms with Crippen LogP contribution in [0.3, 0.4) is 0 Å². The van der Waals surface area contributed by atoms with Crippen LogP contribution in [0, 0.1) is 6.92 Å². The molecule has 0 aromatic heterocycles. The topological polar surface area (TPSA) is 115 Å². The highest BCUT2D eigenvalue weighted by molar-refractivity contribution is 6.52. The van der Waals surface area contributed by atoms with Crippen LogP contribution in [0.15, 0.2) is 60.2 Å². The molecule has 0 saturated carbocycles. The Morgan fingerprint density at radius 2 is 1.55 bits per heavy atom. The molecule has 0 bridgehead atoms. The highest BCUT2D eigenvalue weighted by Gasteiger charge is 2.48. The summed E-state index contributed by atoms with van der Waals surface area (Å²) in [6.45, 7) is 8.35. The Labute approximate surface area is 233 Å². The van der Waals surface area contributed by atoms with Crippen molar-refractivity contribution in [1.82, 2.24) is 0 Å². The number of carbonyl (C=O) groups excluding carboxylic acids is 2. The van der Waals surface area contributed by atoms with Crippen LogP contribution in [0.4, 0.5) is 5.69 Å². The minimum atomic E-state index is -1.10. The molecule has 1 amide bonds. The first-order valence-corrected chi connectivity index (χ1v) is 13.1. The van der Waals surface area contributed by atoms with Gasteiger partial charge in [-0.2, -0.15) is 0 Å². The monoisotopic (exact) mass is 547 g/mol. The summed E-state index contributed by atoms with van der Waals surface area (Å²) >= 11 is 0. The zero-order chi connectivity index (χ0) is 29.0. The normalized spacial score (nSPS) is 16.2. The van der Waals surface area contributed by atoms with Crippen LogP contribution in [0.2, 0.25) is 0 Å². The standard InChI is InChI=1S/C31H33NO8/c1-6-38-20-11-12-21(25(17-20)39-7-2)29(34)27-28(19-10-14-24(37-5)26(16-19)40-8-3)32(31(36)30(27)35)22-15-18(4)9-13-23(22)33/h9-17,28,33-34H,6-8H2,1-5H3/b29-27+. The summed E-state index contributed by atoms with van der Waals surface area (Å²) in [7, 11) is 1.51. The van der Waals surface area contributed by atoms with E-state index in [4.69, 9.17) is 18.9 Å². The van der Waals surface area contributed by atoms with Gasteiger partial charge in [0, 0.05) is 6.07 Å². The number of nitrogens with zero attached hydrogens (tertiary/aromatic N) is 1. The van der Waals surface area contributed by atoms with Crippen molar-refractivity contribution in [3.05, 3.63) is 76.9 Å². The van der Waals surface area contributed by atoms with Crippen molar-refractivity contribution in [1.29, 1.82) is 0 Å². The lowest BCUT2D eigenvalue weighted by Crippen LogP contribution is -2.29. The molecule has 1 heterocycles. The number of aromatic hydroxyl groups is 1. The number of phenols is 1. The molecule has 9 heteroatoms. The molecular weight excluding hydrogens is 514 g/mol. The van der Waals surface area contributed by atoms with Crippen LogP contribution in [0.5, 0.6) is 28.7 Å². The molecule has 0 spiro atoms. The van der Waals surface area contributed by atoms with Gasteiger partial charge in [0.15, 0.2) is 11.5 Å². The van der Waals surface area contributed by atoms with Crippen molar-refractivity contribution >= 4 is 23.1 Å². The van der Waals surface area contributed by atoms with E-state index in [9.17, 15) is 19.8 Å². The number of methoxy groups -OCH3 is 1. The molecular formula is C31H33NO8. The maximum Gasteiger partial charge on any atom is 0.300 e. The fourth-order valence-corrected chi connectivity index (χ4v) is 4.73. The molecule has 0 aliphatic carbocycles. The second-order valence-electron chi connectivity index (χ2n) is 9.03. The van der Waals surface area contributed by atoms with Gasteiger partial charge < -0.3 is 29.2 Å². The van der Waals surface area contributed by atoms with E-state index in [2.05, 4.69) is 0 Å². The number of aliphatic hydroxyl groups excluding tert-OH is 1. The van der Waals surface area contributed by atoms with E-state index in [0.717, 1.165) is 5.56 Å². The van der Waals surface area contributed by atoms with E-state index in [-0.39, 0.29) is 22.6 Å². The third-order valence-corrected chi connectivity index (χ3v) is 6.46. The molecule has 40 heavy (non-hydrogen) atoms. The number of carbonyl (C=O) groups is 2. The van der Waals surface area contributed by atoms with Gasteiger partial charge in [-0.3, -0.25) is 14.5 Å². The number of hydrogen-bond acceptors (Lipinski definition) is 8. The number of ketones is 1. The average Bonchev–Trinajstić information content (AvgIpc) is 3.20. The zero-order valence-electron chi connectivity index (χ0n) is 23.2. The van der Waals surface area contributed by atoms with Crippen LogP contribution < -0.4 is 23.8 Å². The fourth-order valence-electron chi connectivity index (χ4n) is 4.73. The molecule has 1 saturated heterocycles. The summed E-state index contributed by atoms with van der Waals surface area (Å²) in [4.78, 5) is 28.4. The lowest BCUT2D eigenvalue weighted by Gasteiger charge is -2.27. The SMILES string of the molecule is CCOc1ccc(/C(O)=C2\C(=O)C(=O)N(c3cc(C)ccc3O)C2c2ccc(OC)c(OCC)c2)c(OCC)c1. The number of aryl methyl sites for hydroxylation is 1. The molecule has 2 N–H and O–H groups in total. The van der Waals surface area contributed by atoms with E-state index in [0.29, 0.717) is 48.4 Å². The number of aliphatic hydroxyl groups is 1. The first kappa shape index (κ1) is 28.4. The van der Waals surface area contributed by atoms with E-state index in [1.807, 2.05) is 20.8 Å². The lowest BCUT2D eigenvalue weighted by molar-refractivity contribution is -0.132.